The molecule has 18 heavy (non-hydrogen) atoms. The number of aryl methyl sites for hydroxylation is 1. The van der Waals surface area contributed by atoms with Crippen LogP contribution in [0.25, 0.3) is 0 Å². The lowest BCUT2D eigenvalue weighted by molar-refractivity contribution is 0.130. The van der Waals surface area contributed by atoms with Crippen molar-refractivity contribution in [2.45, 2.75) is 19.8 Å². The number of rotatable bonds is 7. The summed E-state index contributed by atoms with van der Waals surface area (Å²) < 4.78 is 5.65. The Morgan fingerprint density at radius 3 is 2.94 bits per heavy atom. The summed E-state index contributed by atoms with van der Waals surface area (Å²) in [4.78, 5) is 10.8. The second kappa shape index (κ2) is 6.00. The highest BCUT2D eigenvalue weighted by Gasteiger charge is 2.21. The number of hydrogen-bond donors (Lipinski definition) is 1. The van der Waals surface area contributed by atoms with Gasteiger partial charge in [-0.1, -0.05) is 0 Å². The summed E-state index contributed by atoms with van der Waals surface area (Å²) in [5, 5.41) is 2.96. The Labute approximate surface area is 109 Å². The molecule has 0 radical (unpaired) electrons. The highest BCUT2D eigenvalue weighted by molar-refractivity contribution is 5.48. The van der Waals surface area contributed by atoms with E-state index >= 15 is 0 Å². The molecule has 100 valence electrons. The lowest BCUT2D eigenvalue weighted by Gasteiger charge is -2.20. The number of anilines is 2. The maximum absolute atomic E-state index is 5.65. The van der Waals surface area contributed by atoms with Crippen LogP contribution in [-0.2, 0) is 4.74 Å². The third-order valence-corrected chi connectivity index (χ3v) is 3.15. The molecule has 0 aliphatic heterocycles. The molecule has 1 aliphatic carbocycles. The van der Waals surface area contributed by atoms with Gasteiger partial charge in [0.25, 0.3) is 0 Å². The van der Waals surface area contributed by atoms with Crippen molar-refractivity contribution in [3.05, 3.63) is 11.8 Å². The lowest BCUT2D eigenvalue weighted by Crippen LogP contribution is -2.25. The first-order valence-electron chi connectivity index (χ1n) is 6.51. The van der Waals surface area contributed by atoms with Gasteiger partial charge in [0, 0.05) is 39.0 Å². The number of aromatic nitrogens is 2. The van der Waals surface area contributed by atoms with Crippen LogP contribution >= 0.6 is 0 Å². The third kappa shape index (κ3) is 3.57. The standard InChI is InChI=1S/C13H22N4O/c1-10-8-15-13(14-2)16-12(10)17(3)6-7-18-9-11-4-5-11/h8,11H,4-7,9H2,1-3H3,(H,14,15,16). The van der Waals surface area contributed by atoms with Crippen molar-refractivity contribution in [2.24, 2.45) is 5.92 Å². The summed E-state index contributed by atoms with van der Waals surface area (Å²) in [6, 6.07) is 0. The van der Waals surface area contributed by atoms with Crippen LogP contribution in [0.1, 0.15) is 18.4 Å². The Balaban J connectivity index is 1.84. The minimum atomic E-state index is 0.654. The SMILES string of the molecule is CNc1ncc(C)c(N(C)CCOCC2CC2)n1. The largest absolute Gasteiger partial charge is 0.379 e. The van der Waals surface area contributed by atoms with E-state index in [1.165, 1.54) is 12.8 Å². The van der Waals surface area contributed by atoms with Crippen LogP contribution in [-0.4, -0.2) is 43.8 Å². The molecule has 1 N–H and O–H groups in total. The van der Waals surface area contributed by atoms with Crippen LogP contribution in [0.5, 0.6) is 0 Å². The van der Waals surface area contributed by atoms with E-state index in [0.29, 0.717) is 5.95 Å². The molecule has 1 aliphatic rings. The minimum absolute atomic E-state index is 0.654. The lowest BCUT2D eigenvalue weighted by atomic mass is 10.3. The number of nitrogens with zero attached hydrogens (tertiary/aromatic N) is 3. The zero-order valence-corrected chi connectivity index (χ0v) is 11.4. The van der Waals surface area contributed by atoms with Gasteiger partial charge in [-0.2, -0.15) is 4.98 Å². The zero-order valence-electron chi connectivity index (χ0n) is 11.4. The van der Waals surface area contributed by atoms with E-state index in [-0.39, 0.29) is 0 Å². The average Bonchev–Trinajstić information content (AvgIpc) is 3.19. The monoisotopic (exact) mass is 250 g/mol. The summed E-state index contributed by atoms with van der Waals surface area (Å²) in [5.41, 5.74) is 1.08. The molecule has 5 heteroatoms. The third-order valence-electron chi connectivity index (χ3n) is 3.15. The van der Waals surface area contributed by atoms with Crippen molar-refractivity contribution in [3.63, 3.8) is 0 Å². The molecular weight excluding hydrogens is 228 g/mol. The molecular formula is C13H22N4O. The van der Waals surface area contributed by atoms with Gasteiger partial charge in [0.05, 0.1) is 6.61 Å². The van der Waals surface area contributed by atoms with Crippen molar-refractivity contribution in [3.8, 4) is 0 Å². The molecule has 1 heterocycles. The van der Waals surface area contributed by atoms with E-state index < -0.39 is 0 Å². The van der Waals surface area contributed by atoms with Crippen molar-refractivity contribution in [2.75, 3.05) is 44.1 Å². The molecule has 0 saturated heterocycles. The van der Waals surface area contributed by atoms with Gasteiger partial charge in [-0.05, 0) is 25.7 Å². The molecule has 1 aromatic rings. The predicted molar refractivity (Wildman–Crippen MR) is 73.1 cm³/mol. The number of hydrogen-bond acceptors (Lipinski definition) is 5. The molecule has 0 aromatic carbocycles. The summed E-state index contributed by atoms with van der Waals surface area (Å²) in [6.07, 6.45) is 4.52. The average molecular weight is 250 g/mol. The van der Waals surface area contributed by atoms with Gasteiger partial charge in [0.15, 0.2) is 0 Å². The zero-order chi connectivity index (χ0) is 13.0. The van der Waals surface area contributed by atoms with E-state index in [0.717, 1.165) is 37.1 Å². The van der Waals surface area contributed by atoms with Gasteiger partial charge in [-0.15, -0.1) is 0 Å². The Morgan fingerprint density at radius 2 is 2.28 bits per heavy atom. The van der Waals surface area contributed by atoms with E-state index in [2.05, 4.69) is 20.2 Å². The molecule has 0 unspecified atom stereocenters. The smallest absolute Gasteiger partial charge is 0.224 e. The Kier molecular flexibility index (Phi) is 4.36. The molecule has 1 fully saturated rings. The molecule has 0 spiro atoms. The summed E-state index contributed by atoms with van der Waals surface area (Å²) in [6.45, 7) is 4.55. The maximum Gasteiger partial charge on any atom is 0.224 e. The second-order valence-electron chi connectivity index (χ2n) is 4.89. The summed E-state index contributed by atoms with van der Waals surface area (Å²) >= 11 is 0. The fourth-order valence-corrected chi connectivity index (χ4v) is 1.78. The van der Waals surface area contributed by atoms with E-state index in [1.807, 2.05) is 27.2 Å². The first-order chi connectivity index (χ1) is 8.70. The molecule has 5 nitrogen and oxygen atoms in total. The number of ether oxygens (including phenoxy) is 1. The van der Waals surface area contributed by atoms with Crippen molar-refractivity contribution < 1.29 is 4.74 Å². The number of likely N-dealkylation sites (N-methyl/N-ethyl adjacent to an activating group) is 1. The number of nitrogens with one attached hydrogen (secondary N) is 1. The van der Waals surface area contributed by atoms with Crippen LogP contribution in [0.15, 0.2) is 6.20 Å². The second-order valence-corrected chi connectivity index (χ2v) is 4.89. The fraction of sp³-hybridized carbons (Fsp3) is 0.692. The van der Waals surface area contributed by atoms with E-state index in [1.54, 1.807) is 0 Å². The summed E-state index contributed by atoms with van der Waals surface area (Å²) in [5.74, 6) is 2.44. The Bertz CT molecular complexity index is 393. The van der Waals surface area contributed by atoms with Crippen LogP contribution < -0.4 is 10.2 Å². The summed E-state index contributed by atoms with van der Waals surface area (Å²) in [7, 11) is 3.86. The van der Waals surface area contributed by atoms with Gasteiger partial charge < -0.3 is 15.0 Å². The van der Waals surface area contributed by atoms with Crippen molar-refractivity contribution in [1.82, 2.24) is 9.97 Å². The highest BCUT2D eigenvalue weighted by atomic mass is 16.5. The van der Waals surface area contributed by atoms with Gasteiger partial charge in [-0.25, -0.2) is 4.98 Å². The van der Waals surface area contributed by atoms with Crippen LogP contribution in [0.2, 0.25) is 0 Å². The normalized spacial score (nSPS) is 14.6. The predicted octanol–water partition coefficient (Wildman–Crippen LogP) is 1.69. The molecule has 0 amide bonds. The van der Waals surface area contributed by atoms with Gasteiger partial charge >= 0.3 is 0 Å². The van der Waals surface area contributed by atoms with Gasteiger partial charge in [0.1, 0.15) is 5.82 Å². The highest BCUT2D eigenvalue weighted by Crippen LogP contribution is 2.28. The van der Waals surface area contributed by atoms with E-state index in [4.69, 9.17) is 4.74 Å². The van der Waals surface area contributed by atoms with Crippen LogP contribution in [0, 0.1) is 12.8 Å². The molecule has 1 aromatic heterocycles. The van der Waals surface area contributed by atoms with Crippen LogP contribution in [0.4, 0.5) is 11.8 Å². The Morgan fingerprint density at radius 1 is 1.50 bits per heavy atom. The molecule has 0 atom stereocenters. The molecule has 2 rings (SSSR count). The molecule has 0 bridgehead atoms. The fourth-order valence-electron chi connectivity index (χ4n) is 1.78. The van der Waals surface area contributed by atoms with Crippen molar-refractivity contribution >= 4 is 11.8 Å². The first-order valence-corrected chi connectivity index (χ1v) is 6.51. The molecule has 1 saturated carbocycles. The van der Waals surface area contributed by atoms with Gasteiger partial charge in [0.2, 0.25) is 5.95 Å². The topological polar surface area (TPSA) is 50.3 Å². The van der Waals surface area contributed by atoms with Crippen molar-refractivity contribution in [1.29, 1.82) is 0 Å². The van der Waals surface area contributed by atoms with Gasteiger partial charge in [-0.3, -0.25) is 0 Å². The quantitative estimate of drug-likeness (QED) is 0.746. The van der Waals surface area contributed by atoms with E-state index in [9.17, 15) is 0 Å². The maximum atomic E-state index is 5.65. The minimum Gasteiger partial charge on any atom is -0.379 e. The Hall–Kier alpha value is -1.36. The van der Waals surface area contributed by atoms with Crippen LogP contribution in [0.3, 0.4) is 0 Å². The first kappa shape index (κ1) is 13.1.